The first-order valence-corrected chi connectivity index (χ1v) is 10.2. The molecule has 0 saturated heterocycles. The summed E-state index contributed by atoms with van der Waals surface area (Å²) in [4.78, 5) is 15.5. The van der Waals surface area contributed by atoms with Crippen LogP contribution >= 0.6 is 0 Å². The van der Waals surface area contributed by atoms with Crippen LogP contribution in [0.25, 0.3) is 22.2 Å². The summed E-state index contributed by atoms with van der Waals surface area (Å²) in [5.74, 6) is -0.956. The number of carboxylic acid groups (broad SMARTS) is 1. The number of ether oxygens (including phenoxy) is 1. The summed E-state index contributed by atoms with van der Waals surface area (Å²) in [7, 11) is 0. The average Bonchev–Trinajstić information content (AvgIpc) is 2.71. The van der Waals surface area contributed by atoms with Gasteiger partial charge in [-0.3, -0.25) is 4.79 Å². The first kappa shape index (κ1) is 22.7. The number of pyridine rings is 1. The van der Waals surface area contributed by atoms with E-state index in [4.69, 9.17) is 14.8 Å². The van der Waals surface area contributed by atoms with Gasteiger partial charge in [0.1, 0.15) is 23.9 Å². The number of aliphatic hydroxyl groups excluding tert-OH is 2. The maximum absolute atomic E-state index is 13.5. The minimum absolute atomic E-state index is 0.0665. The van der Waals surface area contributed by atoms with Crippen LogP contribution in [0, 0.1) is 5.82 Å². The summed E-state index contributed by atoms with van der Waals surface area (Å²) in [6, 6.07) is 13.6. The third-order valence-electron chi connectivity index (χ3n) is 4.96. The zero-order chi connectivity index (χ0) is 22.5. The van der Waals surface area contributed by atoms with Gasteiger partial charge in [0.05, 0.1) is 24.1 Å². The van der Waals surface area contributed by atoms with E-state index >= 15 is 0 Å². The summed E-state index contributed by atoms with van der Waals surface area (Å²) in [6.07, 6.45) is -2.82. The predicted molar refractivity (Wildman–Crippen MR) is 116 cm³/mol. The number of halogens is 1. The van der Waals surface area contributed by atoms with E-state index in [2.05, 4.69) is 0 Å². The van der Waals surface area contributed by atoms with Gasteiger partial charge in [-0.15, -0.1) is 0 Å². The van der Waals surface area contributed by atoms with Crippen LogP contribution in [0.1, 0.15) is 38.2 Å². The Morgan fingerprint density at radius 2 is 1.74 bits per heavy atom. The molecule has 164 valence electrons. The average molecular weight is 427 g/mol. The van der Waals surface area contributed by atoms with Gasteiger partial charge in [-0.25, -0.2) is 9.37 Å². The number of para-hydroxylation sites is 1. The van der Waals surface area contributed by atoms with Crippen LogP contribution in [0.4, 0.5) is 4.39 Å². The number of fused-ring (bicyclic) bond motifs is 1. The number of hydrogen-bond acceptors (Lipinski definition) is 5. The fourth-order valence-electron chi connectivity index (χ4n) is 3.59. The Hall–Kier alpha value is -3.03. The van der Waals surface area contributed by atoms with E-state index in [1.807, 2.05) is 38.1 Å². The summed E-state index contributed by atoms with van der Waals surface area (Å²) in [5, 5.41) is 29.8. The van der Waals surface area contributed by atoms with Gasteiger partial charge in [0, 0.05) is 22.9 Å². The first-order chi connectivity index (χ1) is 14.8. The second kappa shape index (κ2) is 9.85. The van der Waals surface area contributed by atoms with E-state index in [1.54, 1.807) is 12.1 Å². The molecule has 0 aliphatic carbocycles. The fourth-order valence-corrected chi connectivity index (χ4v) is 3.59. The second-order valence-electron chi connectivity index (χ2n) is 7.83. The van der Waals surface area contributed by atoms with Crippen molar-refractivity contribution in [3.63, 3.8) is 0 Å². The molecule has 0 fully saturated rings. The molecule has 1 unspecified atom stereocenters. The van der Waals surface area contributed by atoms with Gasteiger partial charge in [0.25, 0.3) is 0 Å². The number of carbonyl (C=O) groups is 1. The van der Waals surface area contributed by atoms with Crippen molar-refractivity contribution in [1.29, 1.82) is 0 Å². The van der Waals surface area contributed by atoms with Gasteiger partial charge < -0.3 is 20.1 Å². The van der Waals surface area contributed by atoms with Crippen LogP contribution in [0.5, 0.6) is 5.75 Å². The molecular formula is C24H26FNO5. The number of aliphatic hydroxyl groups is 2. The molecule has 6 nitrogen and oxygen atoms in total. The molecule has 3 aromatic rings. The summed E-state index contributed by atoms with van der Waals surface area (Å²) in [5.41, 5.74) is 2.88. The largest absolute Gasteiger partial charge is 0.488 e. The van der Waals surface area contributed by atoms with Crippen LogP contribution < -0.4 is 4.74 Å². The molecule has 0 aliphatic rings. The number of carboxylic acids is 1. The number of aromatic nitrogens is 1. The highest BCUT2D eigenvalue weighted by Crippen LogP contribution is 2.40. The molecule has 0 aliphatic heterocycles. The maximum atomic E-state index is 13.5. The molecule has 3 rings (SSSR count). The van der Waals surface area contributed by atoms with Crippen LogP contribution in [0.15, 0.2) is 48.5 Å². The van der Waals surface area contributed by atoms with E-state index in [9.17, 15) is 19.4 Å². The van der Waals surface area contributed by atoms with Crippen molar-refractivity contribution in [3.8, 4) is 17.0 Å². The lowest BCUT2D eigenvalue weighted by atomic mass is 9.94. The standard InChI is InChI=1S/C24H26FNO5/c1-14(2)22-19-5-3-4-6-20(19)26-23(15-7-9-16(25)10-8-15)24(22)31-13-18(28)11-17(27)12-21(29)30/h3-10,14,17-18,27-28H,11-13H2,1-2H3,(H,29,30)/t17-,18?/m1/s1. The van der Waals surface area contributed by atoms with Crippen molar-refractivity contribution in [2.24, 2.45) is 0 Å². The summed E-state index contributed by atoms with van der Waals surface area (Å²) < 4.78 is 19.5. The summed E-state index contributed by atoms with van der Waals surface area (Å²) >= 11 is 0. The van der Waals surface area contributed by atoms with Gasteiger partial charge in [-0.1, -0.05) is 32.0 Å². The Morgan fingerprint density at radius 1 is 1.06 bits per heavy atom. The Labute approximate surface area is 179 Å². The number of hydrogen-bond donors (Lipinski definition) is 3. The predicted octanol–water partition coefficient (Wildman–Crippen LogP) is 4.13. The van der Waals surface area contributed by atoms with Gasteiger partial charge in [-0.05, 0) is 36.2 Å². The lowest BCUT2D eigenvalue weighted by Gasteiger charge is -2.22. The van der Waals surface area contributed by atoms with Gasteiger partial charge in [0.2, 0.25) is 0 Å². The van der Waals surface area contributed by atoms with Crippen LogP contribution in [0.3, 0.4) is 0 Å². The number of nitrogens with zero attached hydrogens (tertiary/aromatic N) is 1. The van der Waals surface area contributed by atoms with Gasteiger partial charge in [0.15, 0.2) is 0 Å². The van der Waals surface area contributed by atoms with Crippen LogP contribution in [0.2, 0.25) is 0 Å². The van der Waals surface area contributed by atoms with E-state index in [1.165, 1.54) is 12.1 Å². The van der Waals surface area contributed by atoms with Crippen molar-refractivity contribution in [3.05, 3.63) is 59.9 Å². The Balaban J connectivity index is 2.01. The quantitative estimate of drug-likeness (QED) is 0.475. The molecule has 3 N–H and O–H groups in total. The van der Waals surface area contributed by atoms with E-state index < -0.39 is 24.6 Å². The minimum atomic E-state index is -1.17. The van der Waals surface area contributed by atoms with Gasteiger partial charge >= 0.3 is 5.97 Å². The molecule has 2 atom stereocenters. The second-order valence-corrected chi connectivity index (χ2v) is 7.83. The lowest BCUT2D eigenvalue weighted by molar-refractivity contribution is -0.139. The normalized spacial score (nSPS) is 13.4. The molecule has 31 heavy (non-hydrogen) atoms. The Bertz CT molecular complexity index is 1050. The van der Waals surface area contributed by atoms with Crippen molar-refractivity contribution in [2.75, 3.05) is 6.61 Å². The smallest absolute Gasteiger partial charge is 0.305 e. The fraction of sp³-hybridized carbons (Fsp3) is 0.333. The zero-order valence-corrected chi connectivity index (χ0v) is 17.5. The van der Waals surface area contributed by atoms with Crippen molar-refractivity contribution < 1.29 is 29.2 Å². The maximum Gasteiger partial charge on any atom is 0.305 e. The number of aliphatic carboxylic acids is 1. The van der Waals surface area contributed by atoms with E-state index in [0.717, 1.165) is 16.5 Å². The van der Waals surface area contributed by atoms with Crippen molar-refractivity contribution in [2.45, 2.75) is 44.8 Å². The minimum Gasteiger partial charge on any atom is -0.488 e. The Kier molecular flexibility index (Phi) is 7.20. The number of benzene rings is 2. The molecule has 0 saturated carbocycles. The third kappa shape index (κ3) is 5.57. The summed E-state index contributed by atoms with van der Waals surface area (Å²) in [6.45, 7) is 3.90. The molecular weight excluding hydrogens is 401 g/mol. The van der Waals surface area contributed by atoms with Crippen LogP contribution in [-0.4, -0.2) is 45.1 Å². The molecule has 0 bridgehead atoms. The molecule has 1 aromatic heterocycles. The highest BCUT2D eigenvalue weighted by Gasteiger charge is 2.22. The van der Waals surface area contributed by atoms with E-state index in [0.29, 0.717) is 17.0 Å². The van der Waals surface area contributed by atoms with Gasteiger partial charge in [-0.2, -0.15) is 0 Å². The lowest BCUT2D eigenvalue weighted by Crippen LogP contribution is -2.26. The Morgan fingerprint density at radius 3 is 2.39 bits per heavy atom. The highest BCUT2D eigenvalue weighted by atomic mass is 19.1. The first-order valence-electron chi connectivity index (χ1n) is 10.2. The van der Waals surface area contributed by atoms with E-state index in [-0.39, 0.29) is 24.8 Å². The SMILES string of the molecule is CC(C)c1c(OCC(O)C[C@@H](O)CC(=O)O)c(-c2ccc(F)cc2)nc2ccccc12. The third-order valence-corrected chi connectivity index (χ3v) is 4.96. The zero-order valence-electron chi connectivity index (χ0n) is 17.5. The topological polar surface area (TPSA) is 99.9 Å². The molecule has 7 heteroatoms. The molecule has 0 radical (unpaired) electrons. The van der Waals surface area contributed by atoms with Crippen molar-refractivity contribution >= 4 is 16.9 Å². The number of rotatable bonds is 9. The monoisotopic (exact) mass is 427 g/mol. The molecule has 2 aromatic carbocycles. The van der Waals surface area contributed by atoms with Crippen molar-refractivity contribution in [1.82, 2.24) is 4.98 Å². The highest BCUT2D eigenvalue weighted by molar-refractivity contribution is 5.89. The molecule has 1 heterocycles. The molecule has 0 spiro atoms. The van der Waals surface area contributed by atoms with Crippen LogP contribution in [-0.2, 0) is 4.79 Å². The molecule has 0 amide bonds.